The largest absolute Gasteiger partial charge is 0.506 e. The van der Waals surface area contributed by atoms with E-state index in [0.717, 1.165) is 0 Å². The standard InChI is InChI=1S/C8H10BrFN2O.ClH/c9-7-5(10)2-1-4(8(7)13)6(12)3-11;/h1-2,6,13H,3,11-12H2;1H/t6-;/m1./s1. The summed E-state index contributed by atoms with van der Waals surface area (Å²) >= 11 is 2.91. The number of rotatable bonds is 2. The highest BCUT2D eigenvalue weighted by molar-refractivity contribution is 9.10. The smallest absolute Gasteiger partial charge is 0.141 e. The van der Waals surface area contributed by atoms with Gasteiger partial charge in [-0.25, -0.2) is 4.39 Å². The summed E-state index contributed by atoms with van der Waals surface area (Å²) in [6, 6.07) is 2.18. The van der Waals surface area contributed by atoms with E-state index in [1.165, 1.54) is 12.1 Å². The van der Waals surface area contributed by atoms with Crippen LogP contribution < -0.4 is 11.5 Å². The van der Waals surface area contributed by atoms with Crippen molar-refractivity contribution in [3.63, 3.8) is 0 Å². The minimum absolute atomic E-state index is 0. The van der Waals surface area contributed by atoms with Gasteiger partial charge in [-0.1, -0.05) is 6.07 Å². The molecule has 1 rings (SSSR count). The van der Waals surface area contributed by atoms with Crippen molar-refractivity contribution in [3.8, 4) is 5.75 Å². The van der Waals surface area contributed by atoms with Crippen LogP contribution in [0.1, 0.15) is 11.6 Å². The molecule has 80 valence electrons. The molecular weight excluding hydrogens is 274 g/mol. The Kier molecular flexibility index (Phi) is 5.36. The van der Waals surface area contributed by atoms with E-state index in [0.29, 0.717) is 5.56 Å². The van der Waals surface area contributed by atoms with Crippen molar-refractivity contribution < 1.29 is 9.50 Å². The summed E-state index contributed by atoms with van der Waals surface area (Å²) in [4.78, 5) is 0. The molecule has 0 unspecified atom stereocenters. The molecule has 1 aromatic carbocycles. The molecule has 14 heavy (non-hydrogen) atoms. The molecule has 5 N–H and O–H groups in total. The van der Waals surface area contributed by atoms with Crippen molar-refractivity contribution in [2.75, 3.05) is 6.54 Å². The maximum atomic E-state index is 12.8. The van der Waals surface area contributed by atoms with E-state index < -0.39 is 11.9 Å². The number of phenolic OH excluding ortho intramolecular Hbond substituents is 1. The van der Waals surface area contributed by atoms with Gasteiger partial charge in [-0.3, -0.25) is 0 Å². The maximum Gasteiger partial charge on any atom is 0.141 e. The number of hydrogen-bond acceptors (Lipinski definition) is 3. The van der Waals surface area contributed by atoms with Crippen molar-refractivity contribution in [3.05, 3.63) is 28.0 Å². The fraction of sp³-hybridized carbons (Fsp3) is 0.250. The molecule has 0 aliphatic rings. The molecule has 0 aliphatic heterocycles. The van der Waals surface area contributed by atoms with Crippen LogP contribution in [0.5, 0.6) is 5.75 Å². The van der Waals surface area contributed by atoms with Gasteiger partial charge in [0, 0.05) is 18.2 Å². The van der Waals surface area contributed by atoms with E-state index in [-0.39, 0.29) is 29.2 Å². The number of aromatic hydroxyl groups is 1. The van der Waals surface area contributed by atoms with E-state index >= 15 is 0 Å². The molecule has 1 aromatic rings. The van der Waals surface area contributed by atoms with Crippen LogP contribution in [-0.2, 0) is 0 Å². The molecular formula is C8H11BrClFN2O. The van der Waals surface area contributed by atoms with Crippen LogP contribution in [0.2, 0.25) is 0 Å². The van der Waals surface area contributed by atoms with Crippen molar-refractivity contribution in [1.82, 2.24) is 0 Å². The second-order valence-corrected chi connectivity index (χ2v) is 3.43. The van der Waals surface area contributed by atoms with Gasteiger partial charge in [-0.15, -0.1) is 12.4 Å². The van der Waals surface area contributed by atoms with Gasteiger partial charge in [-0.2, -0.15) is 0 Å². The number of hydrogen-bond donors (Lipinski definition) is 3. The van der Waals surface area contributed by atoms with Gasteiger partial charge in [0.1, 0.15) is 11.6 Å². The number of phenols is 1. The van der Waals surface area contributed by atoms with Crippen molar-refractivity contribution in [2.24, 2.45) is 11.5 Å². The first-order valence-electron chi connectivity index (χ1n) is 3.70. The molecule has 3 nitrogen and oxygen atoms in total. The normalized spacial score (nSPS) is 12.0. The quantitative estimate of drug-likeness (QED) is 0.774. The molecule has 0 fully saturated rings. The van der Waals surface area contributed by atoms with Crippen molar-refractivity contribution >= 4 is 28.3 Å². The zero-order valence-electron chi connectivity index (χ0n) is 7.21. The van der Waals surface area contributed by atoms with Crippen LogP contribution in [0.25, 0.3) is 0 Å². The van der Waals surface area contributed by atoms with Crippen LogP contribution in [0.4, 0.5) is 4.39 Å². The molecule has 0 heterocycles. The van der Waals surface area contributed by atoms with Gasteiger partial charge in [0.2, 0.25) is 0 Å². The first kappa shape index (κ1) is 13.6. The monoisotopic (exact) mass is 284 g/mol. The Labute approximate surface area is 95.8 Å². The molecule has 0 bridgehead atoms. The molecule has 0 amide bonds. The lowest BCUT2D eigenvalue weighted by Crippen LogP contribution is -2.20. The predicted octanol–water partition coefficient (Wildman–Crippen LogP) is 1.67. The lowest BCUT2D eigenvalue weighted by atomic mass is 10.1. The summed E-state index contributed by atoms with van der Waals surface area (Å²) in [5.41, 5.74) is 11.3. The second-order valence-electron chi connectivity index (χ2n) is 2.64. The molecule has 0 saturated heterocycles. The Morgan fingerprint density at radius 1 is 1.50 bits per heavy atom. The fourth-order valence-corrected chi connectivity index (χ4v) is 1.34. The van der Waals surface area contributed by atoms with Gasteiger partial charge in [-0.05, 0) is 22.0 Å². The Balaban J connectivity index is 0.00000169. The minimum Gasteiger partial charge on any atom is -0.506 e. The first-order chi connectivity index (χ1) is 6.07. The summed E-state index contributed by atoms with van der Waals surface area (Å²) in [7, 11) is 0. The van der Waals surface area contributed by atoms with E-state index in [2.05, 4.69) is 15.9 Å². The number of benzene rings is 1. The Hall–Kier alpha value is -0.360. The third kappa shape index (κ3) is 2.57. The number of nitrogens with two attached hydrogens (primary N) is 2. The van der Waals surface area contributed by atoms with Gasteiger partial charge < -0.3 is 16.6 Å². The van der Waals surface area contributed by atoms with Gasteiger partial charge in [0.15, 0.2) is 0 Å². The van der Waals surface area contributed by atoms with Crippen LogP contribution in [0.15, 0.2) is 16.6 Å². The van der Waals surface area contributed by atoms with Crippen LogP contribution >= 0.6 is 28.3 Å². The second kappa shape index (κ2) is 5.50. The van der Waals surface area contributed by atoms with E-state index in [1.54, 1.807) is 0 Å². The average Bonchev–Trinajstić information content (AvgIpc) is 2.13. The highest BCUT2D eigenvalue weighted by Crippen LogP contribution is 2.32. The Morgan fingerprint density at radius 3 is 2.57 bits per heavy atom. The summed E-state index contributed by atoms with van der Waals surface area (Å²) in [5.74, 6) is -0.705. The zero-order valence-corrected chi connectivity index (χ0v) is 9.61. The van der Waals surface area contributed by atoms with E-state index in [1.807, 2.05) is 0 Å². The maximum absolute atomic E-state index is 12.8. The van der Waals surface area contributed by atoms with E-state index in [4.69, 9.17) is 11.5 Å². The topological polar surface area (TPSA) is 72.3 Å². The first-order valence-corrected chi connectivity index (χ1v) is 4.49. The molecule has 6 heteroatoms. The van der Waals surface area contributed by atoms with Crippen molar-refractivity contribution in [2.45, 2.75) is 6.04 Å². The lowest BCUT2D eigenvalue weighted by molar-refractivity contribution is 0.451. The molecule has 0 aromatic heterocycles. The van der Waals surface area contributed by atoms with Gasteiger partial charge >= 0.3 is 0 Å². The van der Waals surface area contributed by atoms with Crippen molar-refractivity contribution in [1.29, 1.82) is 0 Å². The van der Waals surface area contributed by atoms with Crippen LogP contribution in [0, 0.1) is 5.82 Å². The highest BCUT2D eigenvalue weighted by Gasteiger charge is 2.14. The van der Waals surface area contributed by atoms with Gasteiger partial charge in [0.05, 0.1) is 4.47 Å². The fourth-order valence-electron chi connectivity index (χ4n) is 0.981. The SMILES string of the molecule is Cl.NC[C@@H](N)c1ccc(F)c(Br)c1O. The Morgan fingerprint density at radius 2 is 2.07 bits per heavy atom. The molecule has 0 saturated carbocycles. The molecule has 0 radical (unpaired) electrons. The minimum atomic E-state index is -0.523. The van der Waals surface area contributed by atoms with Crippen LogP contribution in [-0.4, -0.2) is 11.7 Å². The van der Waals surface area contributed by atoms with Crippen LogP contribution in [0.3, 0.4) is 0 Å². The Bertz CT molecular complexity index is 324. The molecule has 0 aliphatic carbocycles. The summed E-state index contributed by atoms with van der Waals surface area (Å²) in [6.45, 7) is 0.200. The lowest BCUT2D eigenvalue weighted by Gasteiger charge is -2.12. The summed E-state index contributed by atoms with van der Waals surface area (Å²) in [6.07, 6.45) is 0. The van der Waals surface area contributed by atoms with Gasteiger partial charge in [0.25, 0.3) is 0 Å². The third-order valence-corrected chi connectivity index (χ3v) is 2.51. The van der Waals surface area contributed by atoms with E-state index in [9.17, 15) is 9.50 Å². The highest BCUT2D eigenvalue weighted by atomic mass is 79.9. The zero-order chi connectivity index (χ0) is 10.0. The molecule has 0 spiro atoms. The third-order valence-electron chi connectivity index (χ3n) is 1.75. The summed E-state index contributed by atoms with van der Waals surface area (Å²) in [5, 5.41) is 9.46. The average molecular weight is 286 g/mol. The molecule has 1 atom stereocenters. The predicted molar refractivity (Wildman–Crippen MR) is 59.0 cm³/mol. The summed E-state index contributed by atoms with van der Waals surface area (Å²) < 4.78 is 12.9. The number of halogens is 3.